The molecule has 0 unspecified atom stereocenters. The van der Waals surface area contributed by atoms with Crippen LogP contribution in [0.5, 0.6) is 11.5 Å². The van der Waals surface area contributed by atoms with E-state index >= 15 is 0 Å². The van der Waals surface area contributed by atoms with Crippen LogP contribution in [-0.4, -0.2) is 18.4 Å². The number of fused-ring (bicyclic) bond motifs is 1. The Kier molecular flexibility index (Phi) is 12.2. The van der Waals surface area contributed by atoms with Crippen molar-refractivity contribution in [2.45, 2.75) is 0 Å². The van der Waals surface area contributed by atoms with Gasteiger partial charge in [0.2, 0.25) is 0 Å². The minimum Gasteiger partial charge on any atom is -2.00 e. The van der Waals surface area contributed by atoms with E-state index in [4.69, 9.17) is 5.11 Å². The monoisotopic (exact) mass is 423 g/mol. The Balaban J connectivity index is 0. The summed E-state index contributed by atoms with van der Waals surface area (Å²) in [5.41, 5.74) is 0.839. The van der Waals surface area contributed by atoms with E-state index in [-0.39, 0.29) is 43.5 Å². The molecule has 0 spiro atoms. The van der Waals surface area contributed by atoms with E-state index < -0.39 is 0 Å². The Morgan fingerprint density at radius 1 is 0.800 bits per heavy atom. The maximum Gasteiger partial charge on any atom is 0.0551 e. The summed E-state index contributed by atoms with van der Waals surface area (Å²) in [5.74, 6) is -0.257. The largest absolute Gasteiger partial charge is 2.00 e. The first-order chi connectivity index (χ1) is 10.8. The normalized spacial score (nSPS) is 9.20. The topological polar surface area (TPSA) is 136 Å². The van der Waals surface area contributed by atoms with Crippen molar-refractivity contribution >= 4 is 22.7 Å². The summed E-state index contributed by atoms with van der Waals surface area (Å²) in [6, 6.07) is 17.4. The molecule has 1 N–H and O–H groups in total. The van der Waals surface area contributed by atoms with Gasteiger partial charge in [-0.2, -0.15) is 0 Å². The first-order valence-electron chi connectivity index (χ1n) is 6.69. The zero-order valence-corrected chi connectivity index (χ0v) is 15.3. The van der Waals surface area contributed by atoms with Crippen LogP contribution >= 0.6 is 0 Å². The van der Waals surface area contributed by atoms with Crippen molar-refractivity contribution in [2.24, 2.45) is 4.99 Å². The Morgan fingerprint density at radius 2 is 1.40 bits per heavy atom. The first kappa shape index (κ1) is 25.0. The number of aliphatic hydroxyl groups is 1. The molecule has 0 amide bonds. The molecule has 0 aliphatic heterocycles. The average Bonchev–Trinajstić information content (AvgIpc) is 2.57. The third kappa shape index (κ3) is 5.96. The van der Waals surface area contributed by atoms with Crippen molar-refractivity contribution in [1.29, 1.82) is 0 Å². The molecule has 25 heavy (non-hydrogen) atoms. The van der Waals surface area contributed by atoms with E-state index in [1.54, 1.807) is 24.3 Å². The summed E-state index contributed by atoms with van der Waals surface area (Å²) in [7, 11) is 1.00. The van der Waals surface area contributed by atoms with Gasteiger partial charge in [-0.1, -0.05) is 66.1 Å². The molecule has 0 heterocycles. The number of aliphatic imine (C=N–C) groups is 1. The van der Waals surface area contributed by atoms with Gasteiger partial charge >= 0.3 is 0 Å². The van der Waals surface area contributed by atoms with Crippen molar-refractivity contribution in [2.75, 3.05) is 7.11 Å². The fraction of sp³-hybridized carbons (Fsp3) is 0.0556. The minimum absolute atomic E-state index is 0. The molecule has 0 aromatic heterocycles. The van der Waals surface area contributed by atoms with Gasteiger partial charge in [0.05, 0.1) is 5.69 Å². The van der Waals surface area contributed by atoms with Gasteiger partial charge in [-0.25, -0.2) is 0 Å². The molecule has 0 bridgehead atoms. The van der Waals surface area contributed by atoms with Crippen molar-refractivity contribution in [3.8, 4) is 11.5 Å². The van der Waals surface area contributed by atoms with E-state index in [0.29, 0.717) is 11.3 Å². The minimum atomic E-state index is -0.156. The van der Waals surface area contributed by atoms with Gasteiger partial charge in [-0.05, 0) is 22.4 Å². The fourth-order valence-corrected chi connectivity index (χ4v) is 2.11. The van der Waals surface area contributed by atoms with E-state index in [1.165, 1.54) is 18.3 Å². The molecular formula is C18H15MoNO5-6. The molecule has 0 atom stereocenters. The number of aliphatic hydroxyl groups excluding tert-OH is 1. The van der Waals surface area contributed by atoms with Gasteiger partial charge in [-0.3, -0.25) is 4.99 Å². The second-order valence-electron chi connectivity index (χ2n) is 4.42. The Morgan fingerprint density at radius 3 is 2.08 bits per heavy atom. The SMILES string of the molecule is CO.[Mo].[O-2].[O-2].[O-]c1ccccc1N=Cc1c([O-])ccc2ccccc12. The van der Waals surface area contributed by atoms with Crippen LogP contribution in [0.4, 0.5) is 5.69 Å². The van der Waals surface area contributed by atoms with Gasteiger partial charge < -0.3 is 26.3 Å². The zero-order valence-electron chi connectivity index (χ0n) is 13.3. The fourth-order valence-electron chi connectivity index (χ4n) is 2.11. The summed E-state index contributed by atoms with van der Waals surface area (Å²) in [4.78, 5) is 4.15. The number of hydrogen-bond acceptors (Lipinski definition) is 4. The van der Waals surface area contributed by atoms with Crippen molar-refractivity contribution in [3.05, 3.63) is 66.2 Å². The van der Waals surface area contributed by atoms with Gasteiger partial charge in [-0.15, -0.1) is 0 Å². The van der Waals surface area contributed by atoms with Crippen LogP contribution < -0.4 is 10.2 Å². The van der Waals surface area contributed by atoms with Crippen LogP contribution in [0.3, 0.4) is 0 Å². The summed E-state index contributed by atoms with van der Waals surface area (Å²) in [5, 5.41) is 32.4. The molecule has 0 aliphatic carbocycles. The predicted molar refractivity (Wildman–Crippen MR) is 86.1 cm³/mol. The number of para-hydroxylation sites is 2. The maximum atomic E-state index is 12.0. The predicted octanol–water partition coefficient (Wildman–Crippen LogP) is 2.11. The Hall–Kier alpha value is -2.24. The molecule has 0 saturated heterocycles. The Bertz CT molecular complexity index is 808. The molecular weight excluding hydrogens is 406 g/mol. The van der Waals surface area contributed by atoms with Crippen LogP contribution in [-0.2, 0) is 32.0 Å². The maximum absolute atomic E-state index is 12.0. The molecule has 0 aliphatic rings. The Labute approximate surface area is 160 Å². The molecule has 0 fully saturated rings. The van der Waals surface area contributed by atoms with E-state index in [0.717, 1.165) is 17.9 Å². The van der Waals surface area contributed by atoms with Crippen LogP contribution in [0.15, 0.2) is 65.7 Å². The van der Waals surface area contributed by atoms with Crippen molar-refractivity contribution in [3.63, 3.8) is 0 Å². The van der Waals surface area contributed by atoms with Crippen LogP contribution in [0.1, 0.15) is 5.56 Å². The summed E-state index contributed by atoms with van der Waals surface area (Å²) in [6.45, 7) is 0. The molecule has 7 heteroatoms. The molecule has 134 valence electrons. The van der Waals surface area contributed by atoms with Crippen molar-refractivity contribution in [1.82, 2.24) is 0 Å². The van der Waals surface area contributed by atoms with Gasteiger partial charge in [0.1, 0.15) is 0 Å². The number of benzene rings is 3. The third-order valence-electron chi connectivity index (χ3n) is 3.13. The van der Waals surface area contributed by atoms with E-state index in [9.17, 15) is 10.2 Å². The second kappa shape index (κ2) is 12.2. The number of rotatable bonds is 2. The zero-order chi connectivity index (χ0) is 15.9. The van der Waals surface area contributed by atoms with E-state index in [1.807, 2.05) is 24.3 Å². The van der Waals surface area contributed by atoms with Crippen LogP contribution in [0.2, 0.25) is 0 Å². The quantitative estimate of drug-likeness (QED) is 0.501. The summed E-state index contributed by atoms with van der Waals surface area (Å²) in [6.07, 6.45) is 1.47. The number of nitrogens with zero attached hydrogens (tertiary/aromatic N) is 1. The van der Waals surface area contributed by atoms with Gasteiger partial charge in [0.25, 0.3) is 0 Å². The smallest absolute Gasteiger partial charge is 0.0551 e. The third-order valence-corrected chi connectivity index (χ3v) is 3.13. The summed E-state index contributed by atoms with van der Waals surface area (Å²) >= 11 is 0. The van der Waals surface area contributed by atoms with Gasteiger partial charge in [0, 0.05) is 34.4 Å². The van der Waals surface area contributed by atoms with Crippen molar-refractivity contribution < 1.29 is 47.3 Å². The molecule has 3 aromatic rings. The molecule has 6 nitrogen and oxygen atoms in total. The second-order valence-corrected chi connectivity index (χ2v) is 4.42. The summed E-state index contributed by atoms with van der Waals surface area (Å²) < 4.78 is 0. The van der Waals surface area contributed by atoms with E-state index in [2.05, 4.69) is 4.99 Å². The molecule has 3 aromatic carbocycles. The van der Waals surface area contributed by atoms with Crippen LogP contribution in [0.25, 0.3) is 10.8 Å². The molecule has 3 rings (SSSR count). The van der Waals surface area contributed by atoms with Crippen LogP contribution in [0, 0.1) is 0 Å². The standard InChI is InChI=1S/C17H13NO2.CH4O.Mo.2O/c19-16-10-9-12-5-1-2-6-13(12)14(16)11-18-15-7-3-4-8-17(15)20;1-2;;;/h1-11,19-20H;2H,1H3;;;/q;;;2*-2/p-2. The molecule has 0 radical (unpaired) electrons. The first-order valence-corrected chi connectivity index (χ1v) is 6.69. The van der Waals surface area contributed by atoms with Gasteiger partial charge in [0.15, 0.2) is 0 Å². The number of hydrogen-bond donors (Lipinski definition) is 1. The average molecular weight is 421 g/mol. The molecule has 0 saturated carbocycles.